The van der Waals surface area contributed by atoms with E-state index in [9.17, 15) is 0 Å². The Morgan fingerprint density at radius 1 is 0.815 bits per heavy atom. The Hall–Kier alpha value is -3.33. The number of aromatic nitrogens is 2. The van der Waals surface area contributed by atoms with Gasteiger partial charge in [-0.2, -0.15) is 9.13 Å². The number of hydrogen-bond donors (Lipinski definition) is 0. The van der Waals surface area contributed by atoms with Crippen molar-refractivity contribution in [2.45, 2.75) is 12.8 Å². The van der Waals surface area contributed by atoms with E-state index < -0.39 is 0 Å². The number of imidazole rings is 1. The summed E-state index contributed by atoms with van der Waals surface area (Å²) >= 11 is 0. The van der Waals surface area contributed by atoms with Gasteiger partial charge in [0.15, 0.2) is 5.69 Å². The van der Waals surface area contributed by atoms with Crippen molar-refractivity contribution in [3.05, 3.63) is 96.4 Å². The summed E-state index contributed by atoms with van der Waals surface area (Å²) in [6.07, 6.45) is 4.34. The lowest BCUT2D eigenvalue weighted by atomic mass is 10.0. The lowest BCUT2D eigenvalue weighted by Gasteiger charge is -2.14. The molecule has 1 aliphatic heterocycles. The second-order valence-electron chi connectivity index (χ2n) is 6.83. The van der Waals surface area contributed by atoms with E-state index in [0.717, 1.165) is 24.3 Å². The molecule has 132 valence electrons. The van der Waals surface area contributed by atoms with Crippen LogP contribution in [0.3, 0.4) is 0 Å². The van der Waals surface area contributed by atoms with Gasteiger partial charge in [0.25, 0.3) is 5.82 Å². The molecule has 3 aromatic carbocycles. The highest BCUT2D eigenvalue weighted by atomic mass is 16.5. The summed E-state index contributed by atoms with van der Waals surface area (Å²) in [6.45, 7) is 0. The van der Waals surface area contributed by atoms with Gasteiger partial charge >= 0.3 is 0 Å². The van der Waals surface area contributed by atoms with Gasteiger partial charge < -0.3 is 4.74 Å². The van der Waals surface area contributed by atoms with Gasteiger partial charge in [-0.3, -0.25) is 0 Å². The topological polar surface area (TPSA) is 18.0 Å². The normalized spacial score (nSPS) is 12.3. The van der Waals surface area contributed by atoms with Crippen LogP contribution in [0.5, 0.6) is 5.75 Å². The molecule has 0 radical (unpaired) electrons. The largest absolute Gasteiger partial charge is 0.497 e. The number of ether oxygens (including phenoxy) is 1. The second-order valence-corrected chi connectivity index (χ2v) is 6.83. The number of hydrogen-bond acceptors (Lipinski definition) is 1. The number of nitrogens with zero attached hydrogens (tertiary/aromatic N) is 2. The molecule has 2 heterocycles. The third-order valence-corrected chi connectivity index (χ3v) is 5.30. The highest BCUT2D eigenvalue weighted by molar-refractivity contribution is 5.62. The van der Waals surface area contributed by atoms with Gasteiger partial charge in [-0.25, -0.2) is 0 Å². The Balaban J connectivity index is 1.77. The molecule has 0 atom stereocenters. The van der Waals surface area contributed by atoms with Gasteiger partial charge in [0, 0.05) is 5.56 Å². The van der Waals surface area contributed by atoms with E-state index in [1.54, 1.807) is 7.11 Å². The minimum atomic E-state index is 0.874. The highest BCUT2D eigenvalue weighted by Gasteiger charge is 2.31. The fraction of sp³-hybridized carbons (Fsp3) is 0.125. The molecule has 4 aromatic rings. The summed E-state index contributed by atoms with van der Waals surface area (Å²) < 4.78 is 10.1. The first-order valence-corrected chi connectivity index (χ1v) is 9.29. The van der Waals surface area contributed by atoms with Crippen LogP contribution in [-0.2, 0) is 12.8 Å². The lowest BCUT2D eigenvalue weighted by molar-refractivity contribution is -0.606. The summed E-state index contributed by atoms with van der Waals surface area (Å²) in [4.78, 5) is 0. The monoisotopic (exact) mass is 353 g/mol. The zero-order chi connectivity index (χ0) is 18.2. The molecule has 0 saturated heterocycles. The van der Waals surface area contributed by atoms with E-state index in [1.807, 2.05) is 12.1 Å². The smallest absolute Gasteiger partial charge is 0.267 e. The van der Waals surface area contributed by atoms with E-state index in [2.05, 4.69) is 82.1 Å². The molecular weight excluding hydrogens is 332 g/mol. The van der Waals surface area contributed by atoms with Gasteiger partial charge in [0.2, 0.25) is 0 Å². The van der Waals surface area contributed by atoms with Gasteiger partial charge in [-0.05, 0) is 42.3 Å². The van der Waals surface area contributed by atoms with Crippen molar-refractivity contribution in [2.24, 2.45) is 0 Å². The van der Waals surface area contributed by atoms with Crippen molar-refractivity contribution < 1.29 is 9.30 Å². The predicted octanol–water partition coefficient (Wildman–Crippen LogP) is 4.53. The highest BCUT2D eigenvalue weighted by Crippen LogP contribution is 2.29. The lowest BCUT2D eigenvalue weighted by Crippen LogP contribution is -2.39. The fourth-order valence-corrected chi connectivity index (χ4v) is 3.98. The summed E-state index contributed by atoms with van der Waals surface area (Å²) in [5.74, 6) is 2.18. The van der Waals surface area contributed by atoms with E-state index in [4.69, 9.17) is 4.74 Å². The summed E-state index contributed by atoms with van der Waals surface area (Å²) in [5, 5.41) is 0. The molecule has 27 heavy (non-hydrogen) atoms. The predicted molar refractivity (Wildman–Crippen MR) is 107 cm³/mol. The number of aryl methyl sites for hydroxylation is 1. The third kappa shape index (κ3) is 2.63. The molecular formula is C24H21N2O+. The Labute approximate surface area is 159 Å². The van der Waals surface area contributed by atoms with E-state index in [0.29, 0.717) is 0 Å². The first-order valence-electron chi connectivity index (χ1n) is 9.29. The first-order chi connectivity index (χ1) is 13.3. The van der Waals surface area contributed by atoms with E-state index in [-0.39, 0.29) is 0 Å². The maximum atomic E-state index is 5.35. The molecule has 0 spiro atoms. The van der Waals surface area contributed by atoms with Gasteiger partial charge in [-0.15, -0.1) is 0 Å². The molecule has 0 fully saturated rings. The fourth-order valence-electron chi connectivity index (χ4n) is 3.98. The summed E-state index contributed by atoms with van der Waals surface area (Å²) in [6, 6.07) is 27.6. The molecule has 0 unspecified atom stereocenters. The van der Waals surface area contributed by atoms with Crippen molar-refractivity contribution in [1.29, 1.82) is 0 Å². The molecule has 3 heteroatoms. The number of benzene rings is 3. The maximum absolute atomic E-state index is 5.35. The quantitative estimate of drug-likeness (QED) is 0.495. The number of rotatable bonds is 3. The van der Waals surface area contributed by atoms with Crippen molar-refractivity contribution in [3.8, 4) is 28.4 Å². The molecule has 0 bridgehead atoms. The minimum Gasteiger partial charge on any atom is -0.497 e. The van der Waals surface area contributed by atoms with Crippen molar-refractivity contribution in [2.75, 3.05) is 7.11 Å². The average molecular weight is 353 g/mol. The standard InChI is InChI=1S/C24H21N2O/c1-27-21-14-12-20(13-15-21)26-23(18-7-3-2-4-8-18)17-25-22-10-6-5-9-19(22)11-16-24(25)26/h2-10,12-15,17H,11,16H2,1H3/q+1. The van der Waals surface area contributed by atoms with Crippen LogP contribution in [0.15, 0.2) is 85.1 Å². The molecule has 1 aliphatic rings. The van der Waals surface area contributed by atoms with Crippen LogP contribution in [-0.4, -0.2) is 11.7 Å². The molecule has 1 aromatic heterocycles. The number of methoxy groups -OCH3 is 1. The Morgan fingerprint density at radius 3 is 2.33 bits per heavy atom. The molecule has 0 amide bonds. The average Bonchev–Trinajstić information content (AvgIpc) is 3.14. The van der Waals surface area contributed by atoms with Crippen LogP contribution in [0.4, 0.5) is 0 Å². The zero-order valence-electron chi connectivity index (χ0n) is 15.3. The summed E-state index contributed by atoms with van der Waals surface area (Å²) in [5.41, 5.74) is 6.26. The zero-order valence-corrected chi connectivity index (χ0v) is 15.3. The molecule has 5 rings (SSSR count). The number of fused-ring (bicyclic) bond motifs is 3. The summed E-state index contributed by atoms with van der Waals surface area (Å²) in [7, 11) is 1.70. The Kier molecular flexibility index (Phi) is 3.79. The van der Waals surface area contributed by atoms with Crippen molar-refractivity contribution in [1.82, 2.24) is 4.57 Å². The first kappa shape index (κ1) is 15.9. The van der Waals surface area contributed by atoms with Crippen molar-refractivity contribution in [3.63, 3.8) is 0 Å². The molecule has 3 nitrogen and oxygen atoms in total. The van der Waals surface area contributed by atoms with Crippen LogP contribution < -0.4 is 9.30 Å². The van der Waals surface area contributed by atoms with Crippen LogP contribution >= 0.6 is 0 Å². The minimum absolute atomic E-state index is 0.874. The third-order valence-electron chi connectivity index (χ3n) is 5.30. The maximum Gasteiger partial charge on any atom is 0.267 e. The second kappa shape index (κ2) is 6.44. The van der Waals surface area contributed by atoms with Crippen LogP contribution in [0.2, 0.25) is 0 Å². The number of para-hydroxylation sites is 1. The molecule has 0 aliphatic carbocycles. The van der Waals surface area contributed by atoms with Gasteiger partial charge in [0.05, 0.1) is 13.5 Å². The van der Waals surface area contributed by atoms with E-state index >= 15 is 0 Å². The van der Waals surface area contributed by atoms with Crippen molar-refractivity contribution >= 4 is 0 Å². The Bertz CT molecular complexity index is 1100. The van der Waals surface area contributed by atoms with Crippen LogP contribution in [0.25, 0.3) is 22.6 Å². The van der Waals surface area contributed by atoms with E-state index in [1.165, 1.54) is 28.3 Å². The molecule has 0 saturated carbocycles. The Morgan fingerprint density at radius 2 is 1.56 bits per heavy atom. The van der Waals surface area contributed by atoms with Crippen LogP contribution in [0.1, 0.15) is 11.4 Å². The molecule has 0 N–H and O–H groups in total. The SMILES string of the molecule is COc1ccc(-n2c(-c3ccccc3)c[n+]3c2CCc2ccccc2-3)cc1. The van der Waals surface area contributed by atoms with Gasteiger partial charge in [0.1, 0.15) is 23.3 Å². The van der Waals surface area contributed by atoms with Crippen LogP contribution in [0, 0.1) is 0 Å². The van der Waals surface area contributed by atoms with Gasteiger partial charge in [-0.1, -0.05) is 48.5 Å².